The number of carbonyl (C=O) groups excluding carboxylic acids is 1. The summed E-state index contributed by atoms with van der Waals surface area (Å²) in [5.74, 6) is -0.844. The first-order valence-corrected chi connectivity index (χ1v) is 5.77. The maximum atomic E-state index is 11.6. The number of urea groups is 1. The van der Waals surface area contributed by atoms with Gasteiger partial charge in [0.05, 0.1) is 6.33 Å². The first kappa shape index (κ1) is 14.0. The second kappa shape index (κ2) is 7.31. The van der Waals surface area contributed by atoms with Gasteiger partial charge in [-0.1, -0.05) is 0 Å². The molecule has 0 radical (unpaired) electrons. The molecule has 0 saturated heterocycles. The van der Waals surface area contributed by atoms with Gasteiger partial charge >= 0.3 is 12.0 Å². The Morgan fingerprint density at radius 1 is 1.56 bits per heavy atom. The Balaban J connectivity index is 2.13. The first-order valence-electron chi connectivity index (χ1n) is 5.77. The highest BCUT2D eigenvalue weighted by atomic mass is 16.4. The van der Waals surface area contributed by atoms with Gasteiger partial charge in [-0.3, -0.25) is 4.79 Å². The van der Waals surface area contributed by atoms with Gasteiger partial charge in [-0.05, 0) is 6.42 Å². The average Bonchev–Trinajstić information content (AvgIpc) is 2.81. The molecule has 0 aliphatic heterocycles. The van der Waals surface area contributed by atoms with E-state index in [0.717, 1.165) is 5.69 Å². The number of aromatic amines is 1. The minimum atomic E-state index is -0.844. The highest BCUT2D eigenvalue weighted by Gasteiger charge is 2.08. The van der Waals surface area contributed by atoms with Crippen LogP contribution in [0.5, 0.6) is 0 Å². The lowest BCUT2D eigenvalue weighted by Crippen LogP contribution is -2.38. The van der Waals surface area contributed by atoms with Crippen LogP contribution < -0.4 is 5.32 Å². The summed E-state index contributed by atoms with van der Waals surface area (Å²) in [5.41, 5.74) is 0.962. The van der Waals surface area contributed by atoms with Gasteiger partial charge in [0.25, 0.3) is 0 Å². The highest BCUT2D eigenvalue weighted by molar-refractivity contribution is 5.73. The summed E-state index contributed by atoms with van der Waals surface area (Å²) in [7, 11) is 1.65. The van der Waals surface area contributed by atoms with Crippen molar-refractivity contribution in [1.82, 2.24) is 20.2 Å². The molecule has 1 aromatic rings. The maximum Gasteiger partial charge on any atom is 0.317 e. The van der Waals surface area contributed by atoms with Crippen molar-refractivity contribution < 1.29 is 14.7 Å². The van der Waals surface area contributed by atoms with Crippen LogP contribution in [0.15, 0.2) is 12.5 Å². The fraction of sp³-hybridized carbons (Fsp3) is 0.545. The normalized spacial score (nSPS) is 10.1. The molecule has 0 unspecified atom stereocenters. The topological polar surface area (TPSA) is 98.3 Å². The lowest BCUT2D eigenvalue weighted by atomic mass is 10.3. The van der Waals surface area contributed by atoms with E-state index in [1.54, 1.807) is 19.6 Å². The van der Waals surface area contributed by atoms with Crippen LogP contribution in [0.2, 0.25) is 0 Å². The predicted octanol–water partition coefficient (Wildman–Crippen LogP) is 0.458. The van der Waals surface area contributed by atoms with Gasteiger partial charge in [0.2, 0.25) is 0 Å². The Bertz CT molecular complexity index is 378. The molecule has 0 spiro atoms. The van der Waals surface area contributed by atoms with Crippen LogP contribution in [0, 0.1) is 0 Å². The number of nitrogens with one attached hydrogen (secondary N) is 2. The molecule has 7 heteroatoms. The van der Waals surface area contributed by atoms with Crippen LogP contribution in [0.3, 0.4) is 0 Å². The first-order chi connectivity index (χ1) is 8.59. The predicted molar refractivity (Wildman–Crippen MR) is 65.2 cm³/mol. The zero-order chi connectivity index (χ0) is 13.4. The molecule has 1 heterocycles. The summed E-state index contributed by atoms with van der Waals surface area (Å²) in [4.78, 5) is 30.2. The quantitative estimate of drug-likeness (QED) is 0.658. The minimum absolute atomic E-state index is 0.0752. The van der Waals surface area contributed by atoms with E-state index in [0.29, 0.717) is 25.9 Å². The van der Waals surface area contributed by atoms with Gasteiger partial charge < -0.3 is 20.3 Å². The van der Waals surface area contributed by atoms with Gasteiger partial charge in [0.1, 0.15) is 0 Å². The number of carboxylic acids is 1. The zero-order valence-electron chi connectivity index (χ0n) is 10.3. The standard InChI is InChI=1S/C11H18N4O3/c1-15(6-2-3-10(16)17)11(18)13-5-4-9-7-12-8-14-9/h7-8H,2-6H2,1H3,(H,12,14)(H,13,18)(H,16,17). The number of nitrogens with zero attached hydrogens (tertiary/aromatic N) is 2. The van der Waals surface area contributed by atoms with E-state index in [1.807, 2.05) is 0 Å². The molecule has 0 fully saturated rings. The Morgan fingerprint density at radius 3 is 2.94 bits per heavy atom. The number of aromatic nitrogens is 2. The number of hydrogen-bond acceptors (Lipinski definition) is 3. The molecule has 3 N–H and O–H groups in total. The van der Waals surface area contributed by atoms with E-state index in [2.05, 4.69) is 15.3 Å². The molecule has 7 nitrogen and oxygen atoms in total. The van der Waals surface area contributed by atoms with E-state index < -0.39 is 5.97 Å². The molecule has 2 amide bonds. The van der Waals surface area contributed by atoms with E-state index in [1.165, 1.54) is 4.90 Å². The van der Waals surface area contributed by atoms with Crippen molar-refractivity contribution in [1.29, 1.82) is 0 Å². The molecule has 1 rings (SSSR count). The van der Waals surface area contributed by atoms with Crippen molar-refractivity contribution in [3.05, 3.63) is 18.2 Å². The number of rotatable bonds is 7. The highest BCUT2D eigenvalue weighted by Crippen LogP contribution is 1.95. The maximum absolute atomic E-state index is 11.6. The van der Waals surface area contributed by atoms with E-state index in [9.17, 15) is 9.59 Å². The summed E-state index contributed by atoms with van der Waals surface area (Å²) in [6.45, 7) is 0.951. The second-order valence-corrected chi connectivity index (χ2v) is 3.98. The molecule has 0 aliphatic carbocycles. The van der Waals surface area contributed by atoms with Crippen LogP contribution in [-0.2, 0) is 11.2 Å². The summed E-state index contributed by atoms with van der Waals surface area (Å²) in [6, 6.07) is -0.195. The minimum Gasteiger partial charge on any atom is -0.481 e. The van der Waals surface area contributed by atoms with Crippen LogP contribution >= 0.6 is 0 Å². The van der Waals surface area contributed by atoms with Crippen molar-refractivity contribution >= 4 is 12.0 Å². The average molecular weight is 254 g/mol. The summed E-state index contributed by atoms with van der Waals surface area (Å²) in [5, 5.41) is 11.2. The number of aliphatic carboxylic acids is 1. The van der Waals surface area contributed by atoms with Crippen LogP contribution in [0.4, 0.5) is 4.79 Å². The lowest BCUT2D eigenvalue weighted by molar-refractivity contribution is -0.137. The molecule has 0 bridgehead atoms. The number of hydrogen-bond donors (Lipinski definition) is 3. The summed E-state index contributed by atoms with van der Waals surface area (Å²) >= 11 is 0. The van der Waals surface area contributed by atoms with Crippen molar-refractivity contribution in [2.24, 2.45) is 0 Å². The van der Waals surface area contributed by atoms with E-state index in [4.69, 9.17) is 5.11 Å². The Labute approximate surface area is 105 Å². The number of carbonyl (C=O) groups is 2. The van der Waals surface area contributed by atoms with Gasteiger partial charge in [-0.15, -0.1) is 0 Å². The van der Waals surface area contributed by atoms with Crippen LogP contribution in [-0.4, -0.2) is 52.1 Å². The monoisotopic (exact) mass is 254 g/mol. The Kier molecular flexibility index (Phi) is 5.69. The van der Waals surface area contributed by atoms with Gasteiger partial charge in [-0.2, -0.15) is 0 Å². The smallest absolute Gasteiger partial charge is 0.317 e. The third kappa shape index (κ3) is 5.33. The fourth-order valence-corrected chi connectivity index (χ4v) is 1.43. The molecule has 0 atom stereocenters. The molecular formula is C11H18N4O3. The summed E-state index contributed by atoms with van der Waals surface area (Å²) < 4.78 is 0. The van der Waals surface area contributed by atoms with Crippen molar-refractivity contribution in [3.8, 4) is 0 Å². The van der Waals surface area contributed by atoms with E-state index in [-0.39, 0.29) is 12.5 Å². The van der Waals surface area contributed by atoms with E-state index >= 15 is 0 Å². The van der Waals surface area contributed by atoms with Crippen molar-refractivity contribution in [2.45, 2.75) is 19.3 Å². The molecule has 1 aromatic heterocycles. The van der Waals surface area contributed by atoms with Crippen molar-refractivity contribution in [3.63, 3.8) is 0 Å². The number of H-pyrrole nitrogens is 1. The Hall–Kier alpha value is -2.05. The third-order valence-corrected chi connectivity index (χ3v) is 2.46. The second-order valence-electron chi connectivity index (χ2n) is 3.98. The van der Waals surface area contributed by atoms with Crippen LogP contribution in [0.1, 0.15) is 18.5 Å². The van der Waals surface area contributed by atoms with Gasteiger partial charge in [0.15, 0.2) is 0 Å². The fourth-order valence-electron chi connectivity index (χ4n) is 1.43. The molecule has 18 heavy (non-hydrogen) atoms. The number of amides is 2. The molecule has 100 valence electrons. The van der Waals surface area contributed by atoms with Gasteiger partial charge in [0, 0.05) is 44.9 Å². The lowest BCUT2D eigenvalue weighted by Gasteiger charge is -2.17. The SMILES string of the molecule is CN(CCCC(=O)O)C(=O)NCCc1cnc[nH]1. The Morgan fingerprint density at radius 2 is 2.33 bits per heavy atom. The molecule has 0 saturated carbocycles. The third-order valence-electron chi connectivity index (χ3n) is 2.46. The number of carboxylic acid groups (broad SMARTS) is 1. The zero-order valence-corrected chi connectivity index (χ0v) is 10.3. The van der Waals surface area contributed by atoms with Gasteiger partial charge in [-0.25, -0.2) is 9.78 Å². The van der Waals surface area contributed by atoms with Crippen LogP contribution in [0.25, 0.3) is 0 Å². The largest absolute Gasteiger partial charge is 0.481 e. The molecular weight excluding hydrogens is 236 g/mol. The summed E-state index contributed by atoms with van der Waals surface area (Å²) in [6.07, 6.45) is 4.53. The number of imidazole rings is 1. The molecule has 0 aromatic carbocycles. The molecule has 0 aliphatic rings. The van der Waals surface area contributed by atoms with Crippen molar-refractivity contribution in [2.75, 3.05) is 20.1 Å².